The molecule has 0 spiro atoms. The lowest BCUT2D eigenvalue weighted by atomic mass is 10.2. The third-order valence-corrected chi connectivity index (χ3v) is 3.41. The molecule has 1 aromatic heterocycles. The van der Waals surface area contributed by atoms with Gasteiger partial charge in [-0.15, -0.1) is 5.10 Å². The highest BCUT2D eigenvalue weighted by Gasteiger charge is 2.31. The van der Waals surface area contributed by atoms with Crippen molar-refractivity contribution in [3.05, 3.63) is 23.0 Å². The molecule has 1 heterocycles. The topological polar surface area (TPSA) is 54.9 Å². The molecule has 0 radical (unpaired) electrons. The van der Waals surface area contributed by atoms with E-state index in [1.807, 2.05) is 0 Å². The average Bonchev–Trinajstić information content (AvgIpc) is 2.95. The highest BCUT2D eigenvalue weighted by atomic mass is 32.1. The molecule has 0 saturated heterocycles. The largest absolute Gasteiger partial charge is 0.343 e. The lowest BCUT2D eigenvalue weighted by molar-refractivity contribution is -0.119. The predicted octanol–water partition coefficient (Wildman–Crippen LogP) is 2.08. The van der Waals surface area contributed by atoms with Crippen molar-refractivity contribution in [1.29, 1.82) is 0 Å². The second-order valence-corrected chi connectivity index (χ2v) is 4.68. The van der Waals surface area contributed by atoms with E-state index in [9.17, 15) is 9.18 Å². The summed E-state index contributed by atoms with van der Waals surface area (Å²) in [5, 5.41) is 6.57. The fraction of sp³-hybridized carbons (Fsp3) is 0.500. The molecule has 1 atom stereocenters. The highest BCUT2D eigenvalue weighted by Crippen LogP contribution is 2.42. The molecule has 1 saturated carbocycles. The molecule has 4 nitrogen and oxygen atoms in total. The van der Waals surface area contributed by atoms with Crippen LogP contribution in [0.4, 0.5) is 4.39 Å². The summed E-state index contributed by atoms with van der Waals surface area (Å²) in [5.74, 6) is -1.28. The van der Waals surface area contributed by atoms with Crippen LogP contribution in [0, 0.1) is 0 Å². The first-order chi connectivity index (χ1) is 7.59. The number of amides is 1. The molecule has 0 aliphatic heterocycles. The van der Waals surface area contributed by atoms with Crippen LogP contribution in [0.5, 0.6) is 0 Å². The first kappa shape index (κ1) is 11.2. The fourth-order valence-electron chi connectivity index (χ4n) is 1.49. The molecule has 0 aromatic carbocycles. The van der Waals surface area contributed by atoms with E-state index in [0.29, 0.717) is 5.92 Å². The molecule has 1 amide bonds. The zero-order valence-corrected chi connectivity index (χ0v) is 9.68. The summed E-state index contributed by atoms with van der Waals surface area (Å²) in [4.78, 5) is 12.0. The van der Waals surface area contributed by atoms with Gasteiger partial charge in [0.2, 0.25) is 0 Å². The number of nitrogens with zero attached hydrogens (tertiary/aromatic N) is 2. The van der Waals surface area contributed by atoms with Crippen molar-refractivity contribution < 1.29 is 9.18 Å². The number of aromatic nitrogens is 2. The number of carbonyl (C=O) groups is 1. The van der Waals surface area contributed by atoms with Crippen LogP contribution in [0.2, 0.25) is 0 Å². The quantitative estimate of drug-likeness (QED) is 0.821. The van der Waals surface area contributed by atoms with E-state index in [1.165, 1.54) is 11.5 Å². The Morgan fingerprint density at radius 2 is 2.38 bits per heavy atom. The molecular formula is C10H12FN3OS. The highest BCUT2D eigenvalue weighted by molar-refractivity contribution is 7.05. The van der Waals surface area contributed by atoms with Gasteiger partial charge in [0.15, 0.2) is 5.83 Å². The summed E-state index contributed by atoms with van der Waals surface area (Å²) in [6.45, 7) is 4.75. The SMILES string of the molecule is C=C(F)C(=O)NC(C)c1snnc1C1CC1. The van der Waals surface area contributed by atoms with Gasteiger partial charge in [0.05, 0.1) is 16.6 Å². The number of carbonyl (C=O) groups excluding carboxylic acids is 1. The van der Waals surface area contributed by atoms with E-state index < -0.39 is 11.7 Å². The Morgan fingerprint density at radius 1 is 1.69 bits per heavy atom. The smallest absolute Gasteiger partial charge is 0.279 e. The molecule has 86 valence electrons. The molecule has 1 aromatic rings. The maximum absolute atomic E-state index is 12.5. The van der Waals surface area contributed by atoms with Crippen molar-refractivity contribution in [2.45, 2.75) is 31.7 Å². The first-order valence-corrected chi connectivity index (χ1v) is 5.84. The number of hydrogen-bond donors (Lipinski definition) is 1. The van der Waals surface area contributed by atoms with Gasteiger partial charge in [-0.25, -0.2) is 4.39 Å². The zero-order valence-electron chi connectivity index (χ0n) is 8.86. The minimum Gasteiger partial charge on any atom is -0.343 e. The second kappa shape index (κ2) is 4.29. The summed E-state index contributed by atoms with van der Waals surface area (Å²) < 4.78 is 16.4. The summed E-state index contributed by atoms with van der Waals surface area (Å²) in [7, 11) is 0. The molecule has 1 fully saturated rings. The number of rotatable bonds is 4. The van der Waals surface area contributed by atoms with Gasteiger partial charge in [0.1, 0.15) is 0 Å². The maximum Gasteiger partial charge on any atom is 0.279 e. The minimum atomic E-state index is -0.975. The van der Waals surface area contributed by atoms with E-state index >= 15 is 0 Å². The van der Waals surface area contributed by atoms with E-state index in [1.54, 1.807) is 6.92 Å². The van der Waals surface area contributed by atoms with E-state index in [2.05, 4.69) is 21.5 Å². The number of hydrogen-bond acceptors (Lipinski definition) is 4. The molecule has 6 heteroatoms. The van der Waals surface area contributed by atoms with E-state index in [-0.39, 0.29) is 6.04 Å². The van der Waals surface area contributed by atoms with Crippen molar-refractivity contribution in [2.75, 3.05) is 0 Å². The Kier molecular flexibility index (Phi) is 3.00. The van der Waals surface area contributed by atoms with Crippen molar-refractivity contribution in [1.82, 2.24) is 14.9 Å². The molecule has 1 aliphatic carbocycles. The maximum atomic E-state index is 12.5. The zero-order chi connectivity index (χ0) is 11.7. The van der Waals surface area contributed by atoms with E-state index in [4.69, 9.17) is 0 Å². The van der Waals surface area contributed by atoms with Gasteiger partial charge in [-0.1, -0.05) is 11.1 Å². The molecule has 1 N–H and O–H groups in total. The van der Waals surface area contributed by atoms with Crippen LogP contribution in [0.25, 0.3) is 0 Å². The van der Waals surface area contributed by atoms with Crippen LogP contribution in [0.15, 0.2) is 12.4 Å². The Labute approximate surface area is 96.7 Å². The van der Waals surface area contributed by atoms with Gasteiger partial charge >= 0.3 is 0 Å². The van der Waals surface area contributed by atoms with Crippen LogP contribution >= 0.6 is 11.5 Å². The lowest BCUT2D eigenvalue weighted by Gasteiger charge is -2.11. The molecule has 1 unspecified atom stereocenters. The van der Waals surface area contributed by atoms with Gasteiger partial charge in [-0.05, 0) is 31.3 Å². The summed E-state index contributed by atoms with van der Waals surface area (Å²) in [5.41, 5.74) is 0.947. The van der Waals surface area contributed by atoms with E-state index in [0.717, 1.165) is 23.4 Å². The molecule has 1 aliphatic rings. The summed E-state index contributed by atoms with van der Waals surface area (Å²) in [6, 6.07) is -0.268. The van der Waals surface area contributed by atoms with Crippen molar-refractivity contribution in [3.8, 4) is 0 Å². The number of halogens is 1. The Bertz CT molecular complexity index is 427. The van der Waals surface area contributed by atoms with Gasteiger partial charge < -0.3 is 5.32 Å². The molecule has 2 rings (SSSR count). The fourth-order valence-corrected chi connectivity index (χ4v) is 2.22. The van der Waals surface area contributed by atoms with Gasteiger partial charge in [-0.3, -0.25) is 4.79 Å². The van der Waals surface area contributed by atoms with Crippen LogP contribution in [0.3, 0.4) is 0 Å². The second-order valence-electron chi connectivity index (χ2n) is 3.90. The average molecular weight is 241 g/mol. The van der Waals surface area contributed by atoms with Crippen LogP contribution in [-0.2, 0) is 4.79 Å². The third-order valence-electron chi connectivity index (χ3n) is 2.49. The summed E-state index contributed by atoms with van der Waals surface area (Å²) >= 11 is 1.25. The van der Waals surface area contributed by atoms with Gasteiger partial charge in [0, 0.05) is 5.92 Å². The Balaban J connectivity index is 2.08. The monoisotopic (exact) mass is 241 g/mol. The molecular weight excluding hydrogens is 229 g/mol. The Hall–Kier alpha value is -1.30. The van der Waals surface area contributed by atoms with Gasteiger partial charge in [-0.2, -0.15) is 0 Å². The van der Waals surface area contributed by atoms with Crippen LogP contribution in [-0.4, -0.2) is 15.5 Å². The normalized spacial score (nSPS) is 16.9. The summed E-state index contributed by atoms with van der Waals surface area (Å²) in [6.07, 6.45) is 2.24. The standard InChI is InChI=1S/C10H12FN3OS/c1-5(11)10(15)12-6(2)9-8(7-3-4-7)13-14-16-9/h6-7H,1,3-4H2,2H3,(H,12,15). The van der Waals surface area contributed by atoms with Crippen molar-refractivity contribution in [3.63, 3.8) is 0 Å². The van der Waals surface area contributed by atoms with Gasteiger partial charge in [0.25, 0.3) is 5.91 Å². The van der Waals surface area contributed by atoms with Crippen molar-refractivity contribution >= 4 is 17.4 Å². The first-order valence-electron chi connectivity index (χ1n) is 5.07. The predicted molar refractivity (Wildman–Crippen MR) is 58.7 cm³/mol. The molecule has 0 bridgehead atoms. The molecule has 16 heavy (non-hydrogen) atoms. The Morgan fingerprint density at radius 3 is 2.94 bits per heavy atom. The number of nitrogens with one attached hydrogen (secondary N) is 1. The third kappa shape index (κ3) is 2.27. The minimum absolute atomic E-state index is 0.268. The van der Waals surface area contributed by atoms with Crippen LogP contribution < -0.4 is 5.32 Å². The lowest BCUT2D eigenvalue weighted by Crippen LogP contribution is -2.26. The van der Waals surface area contributed by atoms with Crippen molar-refractivity contribution in [2.24, 2.45) is 0 Å². The van der Waals surface area contributed by atoms with Crippen LogP contribution in [0.1, 0.15) is 42.3 Å².